The van der Waals surface area contributed by atoms with Crippen LogP contribution in [0.4, 0.5) is 0 Å². The van der Waals surface area contributed by atoms with Crippen molar-refractivity contribution in [1.29, 1.82) is 0 Å². The van der Waals surface area contributed by atoms with E-state index in [9.17, 15) is 0 Å². The van der Waals surface area contributed by atoms with E-state index in [0.29, 0.717) is 0 Å². The normalized spacial score (nSPS) is 9.87. The van der Waals surface area contributed by atoms with E-state index in [1.54, 1.807) is 12.4 Å². The molecule has 7 nitrogen and oxygen atoms in total. The predicted octanol–water partition coefficient (Wildman–Crippen LogP) is 1.74. The Morgan fingerprint density at radius 3 is 1.37 bits per heavy atom. The van der Waals surface area contributed by atoms with Crippen molar-refractivity contribution >= 4 is 0 Å². The first-order valence-corrected chi connectivity index (χ1v) is 12.1. The van der Waals surface area contributed by atoms with Crippen LogP contribution in [0.1, 0.15) is 5.56 Å². The predicted molar refractivity (Wildman–Crippen MR) is 129 cm³/mol. The fourth-order valence-electron chi connectivity index (χ4n) is 3.13. The number of hydrogen-bond acceptors (Lipinski definition) is 7. The quantitative estimate of drug-likeness (QED) is 0.207. The van der Waals surface area contributed by atoms with Crippen LogP contribution in [0.25, 0.3) is 33.9 Å². The molecule has 0 saturated carbocycles. The van der Waals surface area contributed by atoms with E-state index in [4.69, 9.17) is 25.1 Å². The average Bonchev–Trinajstić information content (AvgIpc) is 2.94. The van der Waals surface area contributed by atoms with Gasteiger partial charge in [-0.1, -0.05) is 60.7 Å². The molecule has 0 aliphatic carbocycles. The van der Waals surface area contributed by atoms with Crippen LogP contribution in [-0.2, 0) is 21.1 Å². The first-order valence-electron chi connectivity index (χ1n) is 10.8. The maximum Gasteiger partial charge on any atom is 2.00 e. The summed E-state index contributed by atoms with van der Waals surface area (Å²) in [5, 5.41) is 0. The van der Waals surface area contributed by atoms with Gasteiger partial charge in [0.2, 0.25) is 0 Å². The van der Waals surface area contributed by atoms with Gasteiger partial charge in [0.15, 0.2) is 0 Å². The summed E-state index contributed by atoms with van der Waals surface area (Å²) in [6.07, 6.45) is 10.5. The van der Waals surface area contributed by atoms with Crippen LogP contribution in [0, 0.1) is 22.6 Å². The Morgan fingerprint density at radius 2 is 0.947 bits per heavy atom. The molecule has 0 fully saturated rings. The summed E-state index contributed by atoms with van der Waals surface area (Å²) in [4.78, 5) is 13.2. The largest absolute Gasteiger partial charge is 2.00 e. The van der Waals surface area contributed by atoms with Gasteiger partial charge in [0.25, 0.3) is 0 Å². The molecule has 0 atom stereocenters. The second-order valence-electron chi connectivity index (χ2n) is 7.28. The molecule has 0 saturated heterocycles. The van der Waals surface area contributed by atoms with Crippen LogP contribution >= 0.6 is 0 Å². The fourth-order valence-corrected chi connectivity index (χ4v) is 3.13. The van der Waals surface area contributed by atoms with Crippen LogP contribution in [0.2, 0.25) is 0 Å². The van der Waals surface area contributed by atoms with Gasteiger partial charge in [-0.05, 0) is 47.5 Å². The van der Waals surface area contributed by atoms with Gasteiger partial charge in [-0.2, -0.15) is 0 Å². The average molecular weight is 705 g/mol. The van der Waals surface area contributed by atoms with Gasteiger partial charge in [0, 0.05) is 12.4 Å². The molecule has 0 N–H and O–H groups in total. The zero-order valence-electron chi connectivity index (χ0n) is 19.7. The standard InChI is InChI=1S/C15H11N3.C14H9.ClHO4.Pt/c1-3-10-16-12(6-1)14-8-5-9-15(18-14)13-7-2-4-11-17-13;1-2-12-8-10-14(11-9-12)13-6-4-3-5-7-13;2-1(3,4)5;/h1-11H;3-11H;(H,2,3,4,5);/q;-1;;+2/p-1. The monoisotopic (exact) mass is 704 g/mol. The summed E-state index contributed by atoms with van der Waals surface area (Å²) < 4.78 is 34.0. The Hall–Kier alpha value is -3.73. The summed E-state index contributed by atoms with van der Waals surface area (Å²) in [6.45, 7) is 0. The van der Waals surface area contributed by atoms with Gasteiger partial charge in [-0.15, -0.1) is 27.9 Å². The van der Waals surface area contributed by atoms with E-state index in [0.717, 1.165) is 28.3 Å². The Morgan fingerprint density at radius 1 is 0.526 bits per heavy atom. The number of aromatic nitrogens is 3. The van der Waals surface area contributed by atoms with Gasteiger partial charge >= 0.3 is 21.1 Å². The number of halogens is 1. The van der Waals surface area contributed by atoms with E-state index < -0.39 is 10.2 Å². The molecule has 0 bridgehead atoms. The Kier molecular flexibility index (Phi) is 12.4. The smallest absolute Gasteiger partial charge is 0.366 e. The van der Waals surface area contributed by atoms with Gasteiger partial charge in [-0.25, -0.2) is 23.6 Å². The summed E-state index contributed by atoms with van der Waals surface area (Å²) >= 11 is 0. The molecular weight excluding hydrogens is 685 g/mol. The Labute approximate surface area is 237 Å². The van der Waals surface area contributed by atoms with Crippen molar-refractivity contribution in [2.75, 3.05) is 0 Å². The van der Waals surface area contributed by atoms with Crippen LogP contribution in [0.15, 0.2) is 122 Å². The third-order valence-electron chi connectivity index (χ3n) is 4.74. The summed E-state index contributed by atoms with van der Waals surface area (Å²) in [5.74, 6) is 2.36. The molecule has 0 unspecified atom stereocenters. The van der Waals surface area contributed by atoms with Gasteiger partial charge in [0.05, 0.1) is 22.8 Å². The van der Waals surface area contributed by atoms with E-state index >= 15 is 0 Å². The second-order valence-corrected chi connectivity index (χ2v) is 8.04. The number of hydrogen-bond donors (Lipinski definition) is 0. The molecule has 3 aromatic heterocycles. The molecule has 9 heteroatoms. The summed E-state index contributed by atoms with van der Waals surface area (Å²) in [6, 6.07) is 35.5. The molecule has 0 amide bonds. The van der Waals surface area contributed by atoms with Gasteiger partial charge in [-0.3, -0.25) is 15.9 Å². The summed E-state index contributed by atoms with van der Waals surface area (Å²) in [5.41, 5.74) is 6.64. The minimum Gasteiger partial charge on any atom is -0.366 e. The molecule has 5 rings (SSSR count). The minimum atomic E-state index is -4.94. The maximum absolute atomic E-state index is 8.49. The van der Waals surface area contributed by atoms with Crippen LogP contribution in [0.5, 0.6) is 0 Å². The zero-order valence-corrected chi connectivity index (χ0v) is 22.7. The molecule has 192 valence electrons. The van der Waals surface area contributed by atoms with Crippen molar-refractivity contribution in [1.82, 2.24) is 15.0 Å². The van der Waals surface area contributed by atoms with E-state index in [1.807, 2.05) is 97.1 Å². The Balaban J connectivity index is 0.000000227. The second kappa shape index (κ2) is 15.5. The fraction of sp³-hybridized carbons (Fsp3) is 0. The Bertz CT molecular complexity index is 1350. The van der Waals surface area contributed by atoms with Crippen LogP contribution in [0.3, 0.4) is 0 Å². The minimum absolute atomic E-state index is 0. The van der Waals surface area contributed by atoms with Crippen molar-refractivity contribution in [3.8, 4) is 39.8 Å². The molecule has 38 heavy (non-hydrogen) atoms. The van der Waals surface area contributed by atoms with Gasteiger partial charge < -0.3 is 6.42 Å². The van der Waals surface area contributed by atoms with Gasteiger partial charge in [0.1, 0.15) is 0 Å². The van der Waals surface area contributed by atoms with E-state index in [2.05, 4.69) is 33.0 Å². The summed E-state index contributed by atoms with van der Waals surface area (Å²) in [7, 11) is -4.94. The third kappa shape index (κ3) is 10.7. The van der Waals surface area contributed by atoms with Crippen molar-refractivity contribution in [2.24, 2.45) is 0 Å². The molecule has 0 aliphatic rings. The number of pyridine rings is 3. The van der Waals surface area contributed by atoms with Crippen molar-refractivity contribution in [3.63, 3.8) is 0 Å². The molecule has 5 aromatic rings. The van der Waals surface area contributed by atoms with Crippen LogP contribution in [-0.4, -0.2) is 15.0 Å². The number of benzene rings is 2. The third-order valence-corrected chi connectivity index (χ3v) is 4.74. The topological polar surface area (TPSA) is 131 Å². The first-order chi connectivity index (χ1) is 17.8. The molecule has 2 aromatic carbocycles. The molecule has 0 radical (unpaired) electrons. The number of rotatable bonds is 3. The van der Waals surface area contributed by atoms with Crippen LogP contribution < -0.4 is 18.6 Å². The van der Waals surface area contributed by atoms with Crippen molar-refractivity contribution < 1.29 is 49.9 Å². The first kappa shape index (κ1) is 30.5. The van der Waals surface area contributed by atoms with Crippen molar-refractivity contribution in [3.05, 3.63) is 134 Å². The zero-order chi connectivity index (χ0) is 26.5. The molecule has 3 heterocycles. The maximum atomic E-state index is 8.49. The molecule has 0 spiro atoms. The SMILES string of the molecule is [C-]#Cc1ccc(-c2ccccc2)cc1.[O-][Cl+3]([O-])([O-])[O-].[Pt+2].c1ccc(-c2cccc(-c3ccccn3)n2)nc1. The van der Waals surface area contributed by atoms with Crippen molar-refractivity contribution in [2.45, 2.75) is 0 Å². The molecule has 0 aliphatic heterocycles. The number of nitrogens with zero attached hydrogens (tertiary/aromatic N) is 3. The van der Waals surface area contributed by atoms with E-state index in [1.165, 1.54) is 11.1 Å². The molecular formula is C29H20ClN3O4Pt. The van der Waals surface area contributed by atoms with E-state index in [-0.39, 0.29) is 21.1 Å².